The molecule has 0 fully saturated rings. The van der Waals surface area contributed by atoms with Crippen LogP contribution >= 0.6 is 0 Å². The van der Waals surface area contributed by atoms with Gasteiger partial charge >= 0.3 is 11.9 Å². The van der Waals surface area contributed by atoms with Crippen LogP contribution in [0.4, 0.5) is 11.4 Å². The Morgan fingerprint density at radius 1 is 0.360 bits per heavy atom. The normalized spacial score (nSPS) is 10.5. The summed E-state index contributed by atoms with van der Waals surface area (Å²) < 4.78 is 0. The third-order valence-corrected chi connectivity index (χ3v) is 7.80. The molecule has 12 heteroatoms. The van der Waals surface area contributed by atoms with Crippen molar-refractivity contribution in [2.75, 3.05) is 10.6 Å². The first kappa shape index (κ1) is 41.4. The second-order valence-corrected chi connectivity index (χ2v) is 12.3. The lowest BCUT2D eigenvalue weighted by molar-refractivity contribution is -0.158. The Balaban J connectivity index is 1.31. The molecule has 0 aliphatic carbocycles. The van der Waals surface area contributed by atoms with Gasteiger partial charge in [-0.3, -0.25) is 19.2 Å². The van der Waals surface area contributed by atoms with Gasteiger partial charge in [-0.15, -0.1) is 0 Å². The van der Waals surface area contributed by atoms with Crippen LogP contribution in [-0.4, -0.2) is 35.6 Å². The summed E-state index contributed by atoms with van der Waals surface area (Å²) in [5, 5.41) is 5.69. The van der Waals surface area contributed by atoms with Crippen molar-refractivity contribution in [1.29, 1.82) is 0 Å². The molecule has 0 aromatic heterocycles. The standard InChI is InChI=1S/C38H54N4O8/c43-33(39-31-21-11-9-12-22-31)25-15-5-7-17-27-35(45)41-49-37(47)29-19-3-1-2-4-20-30-38(48)50-42-36(46)28-18-8-6-16-26-34(44)40-32-23-13-10-14-24-32/h9-14,21-24H,1-8,15-20,25-30H2,(H,39,43)(H,40,44)(H,41,45)(H,42,46). The second-order valence-electron chi connectivity index (χ2n) is 12.3. The smallest absolute Gasteiger partial charge is 0.332 e. The molecule has 4 N–H and O–H groups in total. The number of hydroxylamine groups is 2. The van der Waals surface area contributed by atoms with Gasteiger partial charge in [0.2, 0.25) is 11.8 Å². The molecule has 2 aromatic carbocycles. The number of hydrogen-bond acceptors (Lipinski definition) is 8. The van der Waals surface area contributed by atoms with Gasteiger partial charge in [-0.05, 0) is 62.8 Å². The number of carbonyl (C=O) groups is 6. The minimum atomic E-state index is -0.476. The molecule has 2 rings (SSSR count). The van der Waals surface area contributed by atoms with Gasteiger partial charge in [0.05, 0.1) is 0 Å². The third kappa shape index (κ3) is 22.8. The first-order valence-electron chi connectivity index (χ1n) is 18.0. The van der Waals surface area contributed by atoms with Gasteiger partial charge in [-0.1, -0.05) is 87.8 Å². The summed E-state index contributed by atoms with van der Waals surface area (Å²) in [6.45, 7) is 0. The van der Waals surface area contributed by atoms with E-state index in [-0.39, 0.29) is 49.3 Å². The molecule has 0 heterocycles. The highest BCUT2D eigenvalue weighted by atomic mass is 16.7. The number of para-hydroxylation sites is 2. The molecule has 0 spiro atoms. The molecule has 0 unspecified atom stereocenters. The fraction of sp³-hybridized carbons (Fsp3) is 0.526. The summed E-state index contributed by atoms with van der Waals surface area (Å²) in [6.07, 6.45) is 12.6. The molecule has 2 aromatic rings. The number of hydrogen-bond donors (Lipinski definition) is 4. The molecular formula is C38H54N4O8. The Labute approximate surface area is 295 Å². The van der Waals surface area contributed by atoms with Crippen LogP contribution in [0.25, 0.3) is 0 Å². The zero-order valence-corrected chi connectivity index (χ0v) is 29.2. The van der Waals surface area contributed by atoms with E-state index in [1.54, 1.807) is 0 Å². The predicted octanol–water partition coefficient (Wildman–Crippen LogP) is 7.21. The van der Waals surface area contributed by atoms with Gasteiger partial charge < -0.3 is 20.3 Å². The molecular weight excluding hydrogens is 640 g/mol. The molecule has 0 saturated carbocycles. The number of unbranched alkanes of at least 4 members (excludes halogenated alkanes) is 11. The predicted molar refractivity (Wildman–Crippen MR) is 191 cm³/mol. The highest BCUT2D eigenvalue weighted by Gasteiger charge is 2.09. The molecule has 0 saturated heterocycles. The van der Waals surface area contributed by atoms with Crippen LogP contribution in [0.2, 0.25) is 0 Å². The number of nitrogens with one attached hydrogen (secondary N) is 4. The summed E-state index contributed by atoms with van der Waals surface area (Å²) in [4.78, 5) is 81.2. The van der Waals surface area contributed by atoms with Crippen LogP contribution < -0.4 is 21.6 Å². The zero-order chi connectivity index (χ0) is 36.1. The lowest BCUT2D eigenvalue weighted by Gasteiger charge is -2.07. The van der Waals surface area contributed by atoms with Crippen LogP contribution in [0.1, 0.15) is 128 Å². The van der Waals surface area contributed by atoms with Gasteiger partial charge in [0.15, 0.2) is 0 Å². The lowest BCUT2D eigenvalue weighted by atomic mass is 10.1. The van der Waals surface area contributed by atoms with Gasteiger partial charge in [0.1, 0.15) is 0 Å². The monoisotopic (exact) mass is 694 g/mol. The van der Waals surface area contributed by atoms with Gasteiger partial charge in [-0.25, -0.2) is 9.59 Å². The minimum absolute atomic E-state index is 0.0265. The van der Waals surface area contributed by atoms with E-state index < -0.39 is 11.9 Å². The molecule has 0 aliphatic rings. The Bertz CT molecular complexity index is 1190. The molecule has 0 atom stereocenters. The average molecular weight is 695 g/mol. The Kier molecular flexibility index (Phi) is 22.5. The van der Waals surface area contributed by atoms with E-state index in [9.17, 15) is 28.8 Å². The quantitative estimate of drug-likeness (QED) is 0.0624. The van der Waals surface area contributed by atoms with Crippen molar-refractivity contribution in [1.82, 2.24) is 11.0 Å². The summed E-state index contributed by atoms with van der Waals surface area (Å²) >= 11 is 0. The number of amides is 4. The first-order chi connectivity index (χ1) is 24.3. The molecule has 4 amide bonds. The zero-order valence-electron chi connectivity index (χ0n) is 29.2. The summed E-state index contributed by atoms with van der Waals surface area (Å²) in [5.74, 6) is -1.69. The largest absolute Gasteiger partial charge is 0.341 e. The molecule has 0 bridgehead atoms. The minimum Gasteiger partial charge on any atom is -0.341 e. The van der Waals surface area contributed by atoms with Crippen LogP contribution in [0.3, 0.4) is 0 Å². The number of rotatable bonds is 25. The highest BCUT2D eigenvalue weighted by molar-refractivity contribution is 5.91. The third-order valence-electron chi connectivity index (χ3n) is 7.80. The summed E-state index contributed by atoms with van der Waals surface area (Å²) in [7, 11) is 0. The fourth-order valence-electron chi connectivity index (χ4n) is 5.02. The van der Waals surface area contributed by atoms with E-state index in [0.29, 0.717) is 38.5 Å². The maximum Gasteiger partial charge on any atom is 0.332 e. The van der Waals surface area contributed by atoms with E-state index >= 15 is 0 Å². The van der Waals surface area contributed by atoms with Crippen LogP contribution in [0, 0.1) is 0 Å². The van der Waals surface area contributed by atoms with Crippen LogP contribution in [0.5, 0.6) is 0 Å². The van der Waals surface area contributed by atoms with Crippen molar-refractivity contribution >= 4 is 46.9 Å². The Hall–Kier alpha value is -4.74. The van der Waals surface area contributed by atoms with E-state index in [1.807, 2.05) is 60.7 Å². The number of carbonyl (C=O) groups excluding carboxylic acids is 6. The van der Waals surface area contributed by atoms with Crippen LogP contribution in [0.15, 0.2) is 60.7 Å². The van der Waals surface area contributed by atoms with Crippen molar-refractivity contribution in [2.24, 2.45) is 0 Å². The van der Waals surface area contributed by atoms with Crippen molar-refractivity contribution in [2.45, 2.75) is 128 Å². The lowest BCUT2D eigenvalue weighted by Crippen LogP contribution is -2.26. The number of benzene rings is 2. The fourth-order valence-corrected chi connectivity index (χ4v) is 5.02. The van der Waals surface area contributed by atoms with E-state index in [4.69, 9.17) is 9.68 Å². The topological polar surface area (TPSA) is 169 Å². The summed E-state index contributed by atoms with van der Waals surface area (Å²) in [6, 6.07) is 18.6. The molecule has 0 radical (unpaired) electrons. The second kappa shape index (κ2) is 27.1. The first-order valence-corrected chi connectivity index (χ1v) is 18.0. The van der Waals surface area contributed by atoms with E-state index in [0.717, 1.165) is 75.6 Å². The van der Waals surface area contributed by atoms with Gasteiger partial charge in [-0.2, -0.15) is 11.0 Å². The van der Waals surface area contributed by atoms with Crippen molar-refractivity contribution in [3.05, 3.63) is 60.7 Å². The number of anilines is 2. The molecule has 274 valence electrons. The van der Waals surface area contributed by atoms with Gasteiger partial charge in [0.25, 0.3) is 11.8 Å². The summed E-state index contributed by atoms with van der Waals surface area (Å²) in [5.41, 5.74) is 5.97. The van der Waals surface area contributed by atoms with E-state index in [2.05, 4.69) is 21.6 Å². The van der Waals surface area contributed by atoms with Gasteiger partial charge in [0, 0.05) is 49.9 Å². The maximum atomic E-state index is 11.9. The Morgan fingerprint density at radius 3 is 0.980 bits per heavy atom. The van der Waals surface area contributed by atoms with E-state index in [1.165, 1.54) is 0 Å². The highest BCUT2D eigenvalue weighted by Crippen LogP contribution is 2.12. The SMILES string of the molecule is O=C(CCCCCCC(=O)Nc1ccccc1)NOC(=O)CCCCCCCCC(=O)ONC(=O)CCCCCCC(=O)Nc1ccccc1. The average Bonchev–Trinajstić information content (AvgIpc) is 3.11. The van der Waals surface area contributed by atoms with Crippen molar-refractivity contribution < 1.29 is 38.4 Å². The van der Waals surface area contributed by atoms with Crippen molar-refractivity contribution in [3.63, 3.8) is 0 Å². The molecule has 50 heavy (non-hydrogen) atoms. The van der Waals surface area contributed by atoms with Crippen molar-refractivity contribution in [3.8, 4) is 0 Å². The molecule has 12 nitrogen and oxygen atoms in total. The Morgan fingerprint density at radius 2 is 0.640 bits per heavy atom. The maximum absolute atomic E-state index is 11.9. The molecule has 0 aliphatic heterocycles. The van der Waals surface area contributed by atoms with Crippen LogP contribution in [-0.2, 0) is 38.4 Å².